The van der Waals surface area contributed by atoms with Crippen LogP contribution in [0.3, 0.4) is 0 Å². The summed E-state index contributed by atoms with van der Waals surface area (Å²) in [6.45, 7) is 3.48. The molecule has 1 unspecified atom stereocenters. The second kappa shape index (κ2) is 6.85. The van der Waals surface area contributed by atoms with Gasteiger partial charge in [0, 0.05) is 16.7 Å². The number of carbonyl (C=O) groups is 2. The first-order valence-corrected chi connectivity index (χ1v) is 7.40. The van der Waals surface area contributed by atoms with Gasteiger partial charge in [0.15, 0.2) is 0 Å². The van der Waals surface area contributed by atoms with Crippen LogP contribution in [0.5, 0.6) is 0 Å². The van der Waals surface area contributed by atoms with Gasteiger partial charge in [0.05, 0.1) is 12.5 Å². The Hall–Kier alpha value is -1.40. The fourth-order valence-corrected chi connectivity index (χ4v) is 2.47. The van der Waals surface area contributed by atoms with Crippen LogP contribution in [-0.2, 0) is 9.59 Å². The zero-order chi connectivity index (χ0) is 14.5. The Bertz CT molecular complexity index is 513. The fourth-order valence-electron chi connectivity index (χ4n) is 2.11. The topological polar surface area (TPSA) is 70.2 Å². The number of amides is 2. The van der Waals surface area contributed by atoms with Gasteiger partial charge in [-0.1, -0.05) is 22.0 Å². The van der Waals surface area contributed by atoms with E-state index in [0.717, 1.165) is 28.7 Å². The highest BCUT2D eigenvalue weighted by Crippen LogP contribution is 2.20. The van der Waals surface area contributed by atoms with Gasteiger partial charge in [-0.2, -0.15) is 0 Å². The van der Waals surface area contributed by atoms with Crippen molar-refractivity contribution in [2.75, 3.05) is 25.0 Å². The molecule has 1 atom stereocenters. The first-order valence-electron chi connectivity index (χ1n) is 6.60. The Balaban J connectivity index is 1.83. The molecule has 1 fully saturated rings. The lowest BCUT2D eigenvalue weighted by molar-refractivity contribution is -0.126. The van der Waals surface area contributed by atoms with Gasteiger partial charge in [0.2, 0.25) is 11.8 Å². The average Bonchev–Trinajstić information content (AvgIpc) is 2.94. The lowest BCUT2D eigenvalue weighted by Gasteiger charge is -2.11. The van der Waals surface area contributed by atoms with E-state index in [1.807, 2.05) is 25.1 Å². The maximum Gasteiger partial charge on any atom is 0.243 e. The normalized spacial score (nSPS) is 17.8. The van der Waals surface area contributed by atoms with Crippen LogP contribution in [0, 0.1) is 12.8 Å². The summed E-state index contributed by atoms with van der Waals surface area (Å²) in [6, 6.07) is 5.68. The van der Waals surface area contributed by atoms with Crippen molar-refractivity contribution in [3.8, 4) is 0 Å². The maximum absolute atomic E-state index is 11.8. The van der Waals surface area contributed by atoms with E-state index in [9.17, 15) is 9.59 Å². The Labute approximate surface area is 126 Å². The molecule has 1 heterocycles. The van der Waals surface area contributed by atoms with Gasteiger partial charge in [-0.15, -0.1) is 0 Å². The molecular weight excluding hydrogens is 322 g/mol. The van der Waals surface area contributed by atoms with E-state index in [1.54, 1.807) is 0 Å². The zero-order valence-corrected chi connectivity index (χ0v) is 12.9. The molecule has 3 N–H and O–H groups in total. The van der Waals surface area contributed by atoms with Crippen LogP contribution in [-0.4, -0.2) is 31.4 Å². The number of anilines is 1. The highest BCUT2D eigenvalue weighted by molar-refractivity contribution is 9.10. The van der Waals surface area contributed by atoms with Crippen LogP contribution in [0.25, 0.3) is 0 Å². The van der Waals surface area contributed by atoms with Gasteiger partial charge in [-0.25, -0.2) is 0 Å². The van der Waals surface area contributed by atoms with E-state index < -0.39 is 0 Å². The average molecular weight is 340 g/mol. The largest absolute Gasteiger partial charge is 0.347 e. The van der Waals surface area contributed by atoms with Gasteiger partial charge in [-0.05, 0) is 37.6 Å². The monoisotopic (exact) mass is 339 g/mol. The number of carbonyl (C=O) groups excluding carboxylic acids is 2. The summed E-state index contributed by atoms with van der Waals surface area (Å²) in [7, 11) is 0. The van der Waals surface area contributed by atoms with E-state index in [4.69, 9.17) is 0 Å². The third-order valence-electron chi connectivity index (χ3n) is 3.33. The fraction of sp³-hybridized carbons (Fsp3) is 0.429. The van der Waals surface area contributed by atoms with Crippen LogP contribution in [0.1, 0.15) is 12.0 Å². The summed E-state index contributed by atoms with van der Waals surface area (Å²) in [5.74, 6) is -0.294. The summed E-state index contributed by atoms with van der Waals surface area (Å²) in [6.07, 6.45) is 0.832. The molecule has 1 aromatic carbocycles. The van der Waals surface area contributed by atoms with Gasteiger partial charge in [0.25, 0.3) is 0 Å². The molecule has 108 valence electrons. The quantitative estimate of drug-likeness (QED) is 0.777. The van der Waals surface area contributed by atoms with E-state index >= 15 is 0 Å². The van der Waals surface area contributed by atoms with E-state index in [2.05, 4.69) is 31.9 Å². The van der Waals surface area contributed by atoms with Crippen LogP contribution >= 0.6 is 15.9 Å². The lowest BCUT2D eigenvalue weighted by Crippen LogP contribution is -2.37. The second-order valence-corrected chi connectivity index (χ2v) is 5.83. The highest BCUT2D eigenvalue weighted by atomic mass is 79.9. The molecule has 0 aromatic heterocycles. The molecule has 1 aromatic rings. The zero-order valence-electron chi connectivity index (χ0n) is 11.3. The SMILES string of the molecule is Cc1ccc(Br)cc1NC(=O)CNC(=O)C1CCNC1. The smallest absolute Gasteiger partial charge is 0.243 e. The molecule has 0 aliphatic carbocycles. The van der Waals surface area contributed by atoms with E-state index in [-0.39, 0.29) is 24.3 Å². The predicted molar refractivity (Wildman–Crippen MR) is 81.5 cm³/mol. The maximum atomic E-state index is 11.8. The summed E-state index contributed by atoms with van der Waals surface area (Å²) >= 11 is 3.37. The molecular formula is C14H18BrN3O2. The molecule has 0 bridgehead atoms. The number of halogens is 1. The molecule has 2 amide bonds. The highest BCUT2D eigenvalue weighted by Gasteiger charge is 2.22. The van der Waals surface area contributed by atoms with Crippen LogP contribution in [0.2, 0.25) is 0 Å². The van der Waals surface area contributed by atoms with Crippen molar-refractivity contribution in [1.82, 2.24) is 10.6 Å². The first-order chi connectivity index (χ1) is 9.56. The molecule has 0 radical (unpaired) electrons. The molecule has 1 saturated heterocycles. The number of benzene rings is 1. The van der Waals surface area contributed by atoms with Crippen molar-refractivity contribution in [2.45, 2.75) is 13.3 Å². The van der Waals surface area contributed by atoms with Crippen molar-refractivity contribution in [3.05, 3.63) is 28.2 Å². The number of aryl methyl sites for hydroxylation is 1. The molecule has 20 heavy (non-hydrogen) atoms. The van der Waals surface area contributed by atoms with Crippen LogP contribution in [0.4, 0.5) is 5.69 Å². The predicted octanol–water partition coefficient (Wildman–Crippen LogP) is 1.42. The molecule has 0 spiro atoms. The van der Waals surface area contributed by atoms with Gasteiger partial charge in [0.1, 0.15) is 0 Å². The summed E-state index contributed by atoms with van der Waals surface area (Å²) in [4.78, 5) is 23.6. The van der Waals surface area contributed by atoms with Crippen LogP contribution in [0.15, 0.2) is 22.7 Å². The van der Waals surface area contributed by atoms with Crippen molar-refractivity contribution in [1.29, 1.82) is 0 Å². The molecule has 0 saturated carbocycles. The molecule has 1 aliphatic heterocycles. The number of hydrogen-bond acceptors (Lipinski definition) is 3. The van der Waals surface area contributed by atoms with Gasteiger partial charge in [-0.3, -0.25) is 9.59 Å². The minimum atomic E-state index is -0.217. The molecule has 5 nitrogen and oxygen atoms in total. The Kier molecular flexibility index (Phi) is 5.14. The standard InChI is InChI=1S/C14H18BrN3O2/c1-9-2-3-11(15)6-12(9)18-13(19)8-17-14(20)10-4-5-16-7-10/h2-3,6,10,16H,4-5,7-8H2,1H3,(H,17,20)(H,18,19). The van der Waals surface area contributed by atoms with Crippen molar-refractivity contribution >= 4 is 33.4 Å². The summed E-state index contributed by atoms with van der Waals surface area (Å²) in [5.41, 5.74) is 1.73. The van der Waals surface area contributed by atoms with Crippen molar-refractivity contribution in [3.63, 3.8) is 0 Å². The Morgan fingerprint density at radius 3 is 2.95 bits per heavy atom. The molecule has 2 rings (SSSR count). The number of rotatable bonds is 4. The third-order valence-corrected chi connectivity index (χ3v) is 3.82. The number of nitrogens with one attached hydrogen (secondary N) is 3. The Morgan fingerprint density at radius 2 is 2.25 bits per heavy atom. The Morgan fingerprint density at radius 1 is 1.45 bits per heavy atom. The minimum Gasteiger partial charge on any atom is -0.347 e. The lowest BCUT2D eigenvalue weighted by atomic mass is 10.1. The number of hydrogen-bond donors (Lipinski definition) is 3. The van der Waals surface area contributed by atoms with Crippen molar-refractivity contribution < 1.29 is 9.59 Å². The molecule has 1 aliphatic rings. The molecule has 6 heteroatoms. The second-order valence-electron chi connectivity index (χ2n) is 4.91. The van der Waals surface area contributed by atoms with Crippen LogP contribution < -0.4 is 16.0 Å². The van der Waals surface area contributed by atoms with E-state index in [0.29, 0.717) is 6.54 Å². The summed E-state index contributed by atoms with van der Waals surface area (Å²) < 4.78 is 0.902. The summed E-state index contributed by atoms with van der Waals surface area (Å²) in [5, 5.41) is 8.60. The van der Waals surface area contributed by atoms with Crippen molar-refractivity contribution in [2.24, 2.45) is 5.92 Å². The van der Waals surface area contributed by atoms with Gasteiger partial charge < -0.3 is 16.0 Å². The first kappa shape index (κ1) is 15.0. The van der Waals surface area contributed by atoms with Gasteiger partial charge >= 0.3 is 0 Å². The third kappa shape index (κ3) is 4.05. The van der Waals surface area contributed by atoms with E-state index in [1.165, 1.54) is 0 Å². The minimum absolute atomic E-state index is 0.00128.